The van der Waals surface area contributed by atoms with E-state index >= 15 is 0 Å². The van der Waals surface area contributed by atoms with Gasteiger partial charge < -0.3 is 9.64 Å². The van der Waals surface area contributed by atoms with Gasteiger partial charge in [-0.2, -0.15) is 0 Å². The Bertz CT molecular complexity index is 434. The molecule has 1 fully saturated rings. The number of rotatable bonds is 2. The van der Waals surface area contributed by atoms with Crippen molar-refractivity contribution in [2.24, 2.45) is 0 Å². The maximum Gasteiger partial charge on any atom is 0.256 e. The third kappa shape index (κ3) is 2.41. The zero-order chi connectivity index (χ0) is 13.3. The van der Waals surface area contributed by atoms with Gasteiger partial charge in [0.2, 0.25) is 0 Å². The third-order valence-electron chi connectivity index (χ3n) is 3.48. The van der Waals surface area contributed by atoms with Gasteiger partial charge in [0.05, 0.1) is 12.1 Å². The van der Waals surface area contributed by atoms with Gasteiger partial charge in [-0.05, 0) is 37.5 Å². The van der Waals surface area contributed by atoms with Gasteiger partial charge in [-0.25, -0.2) is 0 Å². The molecule has 1 amide bonds. The Labute approximate surface area is 109 Å². The number of hydrogen-bond donors (Lipinski definition) is 0. The van der Waals surface area contributed by atoms with E-state index in [1.54, 1.807) is 4.90 Å². The second-order valence-corrected chi connectivity index (χ2v) is 5.80. The van der Waals surface area contributed by atoms with E-state index in [1.807, 2.05) is 38.1 Å². The van der Waals surface area contributed by atoms with Crippen LogP contribution in [0.1, 0.15) is 49.5 Å². The van der Waals surface area contributed by atoms with Crippen molar-refractivity contribution < 1.29 is 9.53 Å². The second-order valence-electron chi connectivity index (χ2n) is 5.80. The van der Waals surface area contributed by atoms with Crippen LogP contribution >= 0.6 is 0 Å². The first-order chi connectivity index (χ1) is 8.42. The van der Waals surface area contributed by atoms with E-state index in [4.69, 9.17) is 4.74 Å². The number of carbonyl (C=O) groups excluding carboxylic acids is 1. The van der Waals surface area contributed by atoms with Crippen LogP contribution in [0.15, 0.2) is 24.3 Å². The Morgan fingerprint density at radius 1 is 1.28 bits per heavy atom. The minimum absolute atomic E-state index is 0.0489. The van der Waals surface area contributed by atoms with Gasteiger partial charge in [0.25, 0.3) is 5.91 Å². The SMILES string of the molecule is CC(C)c1ccc(C(=O)N2COCC2(C)C)cc1. The fourth-order valence-electron chi connectivity index (χ4n) is 2.14. The number of ether oxygens (including phenoxy) is 1. The van der Waals surface area contributed by atoms with Crippen LogP contribution < -0.4 is 0 Å². The molecule has 3 heteroatoms. The summed E-state index contributed by atoms with van der Waals surface area (Å²) in [6.45, 7) is 9.34. The molecule has 18 heavy (non-hydrogen) atoms. The Morgan fingerprint density at radius 3 is 2.33 bits per heavy atom. The molecule has 3 nitrogen and oxygen atoms in total. The molecule has 1 saturated heterocycles. The lowest BCUT2D eigenvalue weighted by Gasteiger charge is -2.29. The molecule has 98 valence electrons. The van der Waals surface area contributed by atoms with Crippen LogP contribution in [0.4, 0.5) is 0 Å². The zero-order valence-corrected chi connectivity index (χ0v) is 11.6. The average molecular weight is 247 g/mol. The van der Waals surface area contributed by atoms with Gasteiger partial charge in [0.15, 0.2) is 0 Å². The molecule has 1 aliphatic rings. The minimum atomic E-state index is -0.214. The second kappa shape index (κ2) is 4.73. The summed E-state index contributed by atoms with van der Waals surface area (Å²) >= 11 is 0. The average Bonchev–Trinajstić information content (AvgIpc) is 2.68. The van der Waals surface area contributed by atoms with Crippen LogP contribution in [0.2, 0.25) is 0 Å². The Morgan fingerprint density at radius 2 is 1.89 bits per heavy atom. The van der Waals surface area contributed by atoms with E-state index in [0.29, 0.717) is 19.3 Å². The Balaban J connectivity index is 2.19. The van der Waals surface area contributed by atoms with Crippen LogP contribution in [0.5, 0.6) is 0 Å². The molecule has 1 aromatic rings. The van der Waals surface area contributed by atoms with Crippen molar-refractivity contribution in [1.29, 1.82) is 0 Å². The zero-order valence-electron chi connectivity index (χ0n) is 11.6. The molecule has 0 N–H and O–H groups in total. The van der Waals surface area contributed by atoms with Gasteiger partial charge in [-0.1, -0.05) is 26.0 Å². The molecule has 0 atom stereocenters. The van der Waals surface area contributed by atoms with E-state index in [-0.39, 0.29) is 11.4 Å². The molecule has 0 radical (unpaired) electrons. The fraction of sp³-hybridized carbons (Fsp3) is 0.533. The smallest absolute Gasteiger partial charge is 0.256 e. The molecule has 0 saturated carbocycles. The third-order valence-corrected chi connectivity index (χ3v) is 3.48. The van der Waals surface area contributed by atoms with E-state index in [0.717, 1.165) is 5.56 Å². The molecule has 1 aliphatic heterocycles. The van der Waals surface area contributed by atoms with Crippen LogP contribution in [0, 0.1) is 0 Å². The summed E-state index contributed by atoms with van der Waals surface area (Å²) in [7, 11) is 0. The van der Waals surface area contributed by atoms with Gasteiger partial charge in [-0.3, -0.25) is 4.79 Å². The molecular weight excluding hydrogens is 226 g/mol. The normalized spacial score (nSPS) is 18.4. The van der Waals surface area contributed by atoms with Gasteiger partial charge in [0.1, 0.15) is 6.73 Å². The topological polar surface area (TPSA) is 29.5 Å². The Hall–Kier alpha value is -1.35. The van der Waals surface area contributed by atoms with Crippen molar-refractivity contribution in [2.45, 2.75) is 39.2 Å². The summed E-state index contributed by atoms with van der Waals surface area (Å²) in [5.41, 5.74) is 1.77. The lowest BCUT2D eigenvalue weighted by atomic mass is 10.0. The van der Waals surface area contributed by atoms with Crippen molar-refractivity contribution in [3.8, 4) is 0 Å². The number of amides is 1. The van der Waals surface area contributed by atoms with Crippen LogP contribution in [-0.4, -0.2) is 29.7 Å². The quantitative estimate of drug-likeness (QED) is 0.804. The van der Waals surface area contributed by atoms with Gasteiger partial charge in [0, 0.05) is 5.56 Å². The molecular formula is C15H21NO2. The highest BCUT2D eigenvalue weighted by atomic mass is 16.5. The highest BCUT2D eigenvalue weighted by molar-refractivity contribution is 5.94. The molecule has 0 bridgehead atoms. The summed E-state index contributed by atoms with van der Waals surface area (Å²) in [4.78, 5) is 14.2. The molecule has 1 heterocycles. The largest absolute Gasteiger partial charge is 0.359 e. The van der Waals surface area contributed by atoms with Crippen molar-refractivity contribution in [2.75, 3.05) is 13.3 Å². The van der Waals surface area contributed by atoms with Gasteiger partial charge in [-0.15, -0.1) is 0 Å². The Kier molecular flexibility index (Phi) is 3.44. The van der Waals surface area contributed by atoms with Crippen molar-refractivity contribution >= 4 is 5.91 Å². The molecule has 1 aromatic carbocycles. The maximum atomic E-state index is 12.4. The highest BCUT2D eigenvalue weighted by Gasteiger charge is 2.36. The van der Waals surface area contributed by atoms with Crippen LogP contribution in [0.3, 0.4) is 0 Å². The van der Waals surface area contributed by atoms with Crippen molar-refractivity contribution in [3.63, 3.8) is 0 Å². The summed E-state index contributed by atoms with van der Waals surface area (Å²) in [5, 5.41) is 0. The van der Waals surface area contributed by atoms with E-state index in [2.05, 4.69) is 13.8 Å². The van der Waals surface area contributed by atoms with Crippen molar-refractivity contribution in [3.05, 3.63) is 35.4 Å². The molecule has 0 spiro atoms. The monoisotopic (exact) mass is 247 g/mol. The first kappa shape index (κ1) is 13.1. The van der Waals surface area contributed by atoms with Crippen LogP contribution in [0.25, 0.3) is 0 Å². The first-order valence-electron chi connectivity index (χ1n) is 6.41. The van der Waals surface area contributed by atoms with Crippen LogP contribution in [-0.2, 0) is 4.74 Å². The summed E-state index contributed by atoms with van der Waals surface area (Å²) in [6, 6.07) is 7.88. The first-order valence-corrected chi connectivity index (χ1v) is 6.41. The summed E-state index contributed by atoms with van der Waals surface area (Å²) in [5.74, 6) is 0.536. The minimum Gasteiger partial charge on any atom is -0.359 e. The summed E-state index contributed by atoms with van der Waals surface area (Å²) < 4.78 is 5.38. The molecule has 0 aliphatic carbocycles. The standard InChI is InChI=1S/C15H21NO2/c1-11(2)12-5-7-13(8-6-12)14(17)16-10-18-9-15(16,3)4/h5-8,11H,9-10H2,1-4H3. The molecule has 0 aromatic heterocycles. The highest BCUT2D eigenvalue weighted by Crippen LogP contribution is 2.24. The van der Waals surface area contributed by atoms with Crippen molar-refractivity contribution in [1.82, 2.24) is 4.90 Å². The molecule has 2 rings (SSSR count). The van der Waals surface area contributed by atoms with E-state index in [1.165, 1.54) is 5.56 Å². The lowest BCUT2D eigenvalue weighted by molar-refractivity contribution is 0.0605. The number of benzene rings is 1. The number of nitrogens with zero attached hydrogens (tertiary/aromatic N) is 1. The summed E-state index contributed by atoms with van der Waals surface area (Å²) in [6.07, 6.45) is 0. The number of hydrogen-bond acceptors (Lipinski definition) is 2. The van der Waals surface area contributed by atoms with Gasteiger partial charge >= 0.3 is 0 Å². The lowest BCUT2D eigenvalue weighted by Crippen LogP contribution is -2.44. The number of carbonyl (C=O) groups is 1. The fourth-order valence-corrected chi connectivity index (χ4v) is 2.14. The van der Waals surface area contributed by atoms with E-state index in [9.17, 15) is 4.79 Å². The molecule has 0 unspecified atom stereocenters. The maximum absolute atomic E-state index is 12.4. The predicted molar refractivity (Wildman–Crippen MR) is 71.6 cm³/mol. The van der Waals surface area contributed by atoms with E-state index < -0.39 is 0 Å². The predicted octanol–water partition coefficient (Wildman–Crippen LogP) is 3.02.